The van der Waals surface area contributed by atoms with Crippen LogP contribution in [0.3, 0.4) is 0 Å². The van der Waals surface area contributed by atoms with Crippen LogP contribution >= 0.6 is 11.6 Å². The van der Waals surface area contributed by atoms with Crippen LogP contribution in [0.4, 0.5) is 0 Å². The molecule has 3 rings (SSSR count). The Kier molecular flexibility index (Phi) is 3.52. The van der Waals surface area contributed by atoms with Crippen molar-refractivity contribution >= 4 is 22.9 Å². The molecular weight excluding hydrogens is 272 g/mol. The number of hydrogen-bond donors (Lipinski definition) is 0. The number of benzene rings is 1. The molecule has 4 heteroatoms. The summed E-state index contributed by atoms with van der Waals surface area (Å²) in [6.45, 7) is 0. The normalized spacial score (nSPS) is 10.8. The fraction of sp³-hybridized carbons (Fsp3) is 0.125. The number of pyridine rings is 1. The van der Waals surface area contributed by atoms with Crippen molar-refractivity contribution in [1.29, 1.82) is 0 Å². The molecule has 0 aliphatic heterocycles. The van der Waals surface area contributed by atoms with Gasteiger partial charge >= 0.3 is 0 Å². The van der Waals surface area contributed by atoms with E-state index in [9.17, 15) is 4.79 Å². The van der Waals surface area contributed by atoms with E-state index >= 15 is 0 Å². The van der Waals surface area contributed by atoms with E-state index in [1.54, 1.807) is 24.7 Å². The molecule has 100 valence electrons. The van der Waals surface area contributed by atoms with Crippen molar-refractivity contribution in [2.45, 2.75) is 12.8 Å². The zero-order valence-corrected chi connectivity index (χ0v) is 11.5. The molecule has 20 heavy (non-hydrogen) atoms. The lowest BCUT2D eigenvalue weighted by Crippen LogP contribution is -2.09. The second kappa shape index (κ2) is 5.47. The van der Waals surface area contributed by atoms with Crippen molar-refractivity contribution in [3.63, 3.8) is 0 Å². The lowest BCUT2D eigenvalue weighted by molar-refractivity contribution is -0.117. The van der Waals surface area contributed by atoms with Crippen LogP contribution in [0, 0.1) is 0 Å². The number of nitrogens with zero attached hydrogens (tertiary/aromatic N) is 2. The van der Waals surface area contributed by atoms with E-state index in [2.05, 4.69) is 4.98 Å². The van der Waals surface area contributed by atoms with Gasteiger partial charge < -0.3 is 4.40 Å². The quantitative estimate of drug-likeness (QED) is 0.736. The molecule has 0 saturated heterocycles. The summed E-state index contributed by atoms with van der Waals surface area (Å²) in [5.41, 5.74) is 2.94. The van der Waals surface area contributed by atoms with E-state index in [4.69, 9.17) is 11.6 Å². The van der Waals surface area contributed by atoms with Crippen LogP contribution in [0.1, 0.15) is 11.3 Å². The van der Waals surface area contributed by atoms with Gasteiger partial charge in [0, 0.05) is 23.6 Å². The van der Waals surface area contributed by atoms with E-state index in [1.807, 2.05) is 34.7 Å². The van der Waals surface area contributed by atoms with E-state index in [-0.39, 0.29) is 5.78 Å². The van der Waals surface area contributed by atoms with E-state index in [0.29, 0.717) is 17.9 Å². The average Bonchev–Trinajstić information content (AvgIpc) is 2.91. The molecular formula is C16H13ClN2O. The van der Waals surface area contributed by atoms with Crippen molar-refractivity contribution in [2.75, 3.05) is 0 Å². The number of carbonyl (C=O) groups is 1. The van der Waals surface area contributed by atoms with Gasteiger partial charge in [0.15, 0.2) is 0 Å². The molecule has 0 spiro atoms. The zero-order chi connectivity index (χ0) is 13.9. The first-order valence-corrected chi connectivity index (χ1v) is 6.76. The molecule has 0 N–H and O–H groups in total. The molecule has 0 aliphatic carbocycles. The van der Waals surface area contributed by atoms with Crippen LogP contribution in [0.25, 0.3) is 5.52 Å². The van der Waals surface area contributed by atoms with Gasteiger partial charge in [-0.3, -0.25) is 4.79 Å². The lowest BCUT2D eigenvalue weighted by Gasteiger charge is -2.05. The summed E-state index contributed by atoms with van der Waals surface area (Å²) in [6, 6.07) is 13.3. The monoisotopic (exact) mass is 284 g/mol. The summed E-state index contributed by atoms with van der Waals surface area (Å²) < 4.78 is 1.94. The Morgan fingerprint density at radius 1 is 1.10 bits per heavy atom. The van der Waals surface area contributed by atoms with Gasteiger partial charge in [0.05, 0.1) is 18.0 Å². The van der Waals surface area contributed by atoms with Crippen LogP contribution in [0.2, 0.25) is 5.02 Å². The van der Waals surface area contributed by atoms with E-state index in [1.165, 1.54) is 0 Å². The molecule has 0 saturated carbocycles. The van der Waals surface area contributed by atoms with Gasteiger partial charge in [-0.05, 0) is 29.8 Å². The average molecular weight is 285 g/mol. The number of halogens is 1. The Balaban J connectivity index is 1.76. The van der Waals surface area contributed by atoms with Gasteiger partial charge in [0.1, 0.15) is 5.78 Å². The van der Waals surface area contributed by atoms with Crippen LogP contribution in [-0.2, 0) is 17.6 Å². The molecule has 0 aliphatic rings. The number of aromatic nitrogens is 2. The fourth-order valence-corrected chi connectivity index (χ4v) is 2.37. The molecule has 0 radical (unpaired) electrons. The highest BCUT2D eigenvalue weighted by Crippen LogP contribution is 2.12. The van der Waals surface area contributed by atoms with Crippen LogP contribution in [0.15, 0.2) is 55.0 Å². The maximum absolute atomic E-state index is 12.2. The van der Waals surface area contributed by atoms with Crippen LogP contribution in [-0.4, -0.2) is 15.2 Å². The van der Waals surface area contributed by atoms with Crippen molar-refractivity contribution in [3.05, 3.63) is 71.3 Å². The van der Waals surface area contributed by atoms with Crippen molar-refractivity contribution < 1.29 is 4.79 Å². The number of imidazole rings is 1. The predicted octanol–water partition coefficient (Wildman–Crippen LogP) is 3.34. The van der Waals surface area contributed by atoms with Gasteiger partial charge in [0.2, 0.25) is 0 Å². The maximum Gasteiger partial charge on any atom is 0.143 e. The first-order chi connectivity index (χ1) is 9.72. The van der Waals surface area contributed by atoms with Crippen LogP contribution in [0.5, 0.6) is 0 Å². The maximum atomic E-state index is 12.2. The lowest BCUT2D eigenvalue weighted by atomic mass is 10.1. The molecule has 0 bridgehead atoms. The summed E-state index contributed by atoms with van der Waals surface area (Å²) in [6.07, 6.45) is 4.34. The molecule has 0 amide bonds. The second-order valence-electron chi connectivity index (χ2n) is 4.72. The Hall–Kier alpha value is -2.13. The van der Waals surface area contributed by atoms with Gasteiger partial charge in [-0.1, -0.05) is 29.8 Å². The third-order valence-electron chi connectivity index (χ3n) is 3.22. The molecule has 0 atom stereocenters. The number of rotatable bonds is 4. The number of carbonyl (C=O) groups excluding carboxylic acids is 1. The Morgan fingerprint density at radius 3 is 2.70 bits per heavy atom. The summed E-state index contributed by atoms with van der Waals surface area (Å²) in [5, 5.41) is 0.685. The minimum atomic E-state index is 0.175. The van der Waals surface area contributed by atoms with Gasteiger partial charge in [0.25, 0.3) is 0 Å². The highest BCUT2D eigenvalue weighted by molar-refractivity contribution is 6.30. The Labute approximate surface area is 121 Å². The molecule has 1 aromatic carbocycles. The number of Topliss-reactive ketones (excluding diaryl/α,β-unsaturated/α-hetero) is 1. The third-order valence-corrected chi connectivity index (χ3v) is 3.48. The van der Waals surface area contributed by atoms with Crippen LogP contribution < -0.4 is 0 Å². The first-order valence-electron chi connectivity index (χ1n) is 6.38. The summed E-state index contributed by atoms with van der Waals surface area (Å²) in [4.78, 5) is 16.3. The molecule has 3 aromatic rings. The van der Waals surface area contributed by atoms with Crippen molar-refractivity contribution in [1.82, 2.24) is 9.38 Å². The smallest absolute Gasteiger partial charge is 0.143 e. The molecule has 2 aromatic heterocycles. The summed E-state index contributed by atoms with van der Waals surface area (Å²) >= 11 is 5.84. The highest BCUT2D eigenvalue weighted by Gasteiger charge is 2.08. The minimum Gasteiger partial charge on any atom is -0.303 e. The Morgan fingerprint density at radius 2 is 1.90 bits per heavy atom. The first kappa shape index (κ1) is 12.9. The second-order valence-corrected chi connectivity index (χ2v) is 5.16. The van der Waals surface area contributed by atoms with Crippen molar-refractivity contribution in [3.8, 4) is 0 Å². The standard InChI is InChI=1S/C16H13ClN2O/c17-13-6-4-12(5-7-13)8-16(20)9-14-2-1-3-15-10-18-11-19(14)15/h1-7,10-11H,8-9H2. The van der Waals surface area contributed by atoms with Gasteiger partial charge in [-0.25, -0.2) is 4.98 Å². The topological polar surface area (TPSA) is 34.4 Å². The van der Waals surface area contributed by atoms with E-state index in [0.717, 1.165) is 16.8 Å². The fourth-order valence-electron chi connectivity index (χ4n) is 2.25. The predicted molar refractivity (Wildman–Crippen MR) is 79.1 cm³/mol. The number of hydrogen-bond acceptors (Lipinski definition) is 2. The number of ketones is 1. The molecule has 2 heterocycles. The zero-order valence-electron chi connectivity index (χ0n) is 10.8. The van der Waals surface area contributed by atoms with E-state index < -0.39 is 0 Å². The highest BCUT2D eigenvalue weighted by atomic mass is 35.5. The Bertz CT molecular complexity index is 747. The SMILES string of the molecule is O=C(Cc1ccc(Cl)cc1)Cc1cccc2cncn12. The largest absolute Gasteiger partial charge is 0.303 e. The molecule has 0 fully saturated rings. The minimum absolute atomic E-state index is 0.175. The van der Waals surface area contributed by atoms with Crippen molar-refractivity contribution in [2.24, 2.45) is 0 Å². The number of fused-ring (bicyclic) bond motifs is 1. The molecule has 0 unspecified atom stereocenters. The summed E-state index contributed by atoms with van der Waals surface area (Å²) in [5.74, 6) is 0.175. The summed E-state index contributed by atoms with van der Waals surface area (Å²) in [7, 11) is 0. The van der Waals surface area contributed by atoms with Gasteiger partial charge in [-0.2, -0.15) is 0 Å². The van der Waals surface area contributed by atoms with Gasteiger partial charge in [-0.15, -0.1) is 0 Å². The third kappa shape index (κ3) is 2.73. The molecule has 3 nitrogen and oxygen atoms in total.